The van der Waals surface area contributed by atoms with E-state index in [0.717, 1.165) is 0 Å². The van der Waals surface area contributed by atoms with E-state index in [1.54, 1.807) is 0 Å². The minimum atomic E-state index is 0.155. The Morgan fingerprint density at radius 3 is 2.80 bits per heavy atom. The van der Waals surface area contributed by atoms with Crippen molar-refractivity contribution in [3.05, 3.63) is 23.0 Å². The highest BCUT2D eigenvalue weighted by Gasteiger charge is 2.02. The third-order valence-electron chi connectivity index (χ3n) is 1.05. The van der Waals surface area contributed by atoms with Gasteiger partial charge in [0.2, 0.25) is 0 Å². The molecule has 0 saturated heterocycles. The van der Waals surface area contributed by atoms with Crippen LogP contribution < -0.4 is 5.73 Å². The van der Waals surface area contributed by atoms with Gasteiger partial charge in [-0.1, -0.05) is 11.6 Å². The second kappa shape index (κ2) is 2.54. The summed E-state index contributed by atoms with van der Waals surface area (Å²) in [4.78, 5) is 3.67. The minimum absolute atomic E-state index is 0.155. The molecule has 3 nitrogen and oxygen atoms in total. The van der Waals surface area contributed by atoms with Crippen LogP contribution in [0.25, 0.3) is 0 Å². The number of nitriles is 1. The van der Waals surface area contributed by atoms with Crippen molar-refractivity contribution in [1.29, 1.82) is 5.26 Å². The van der Waals surface area contributed by atoms with Gasteiger partial charge in [-0.25, -0.2) is 4.98 Å². The monoisotopic (exact) mass is 153 g/mol. The molecule has 0 unspecified atom stereocenters. The van der Waals surface area contributed by atoms with Gasteiger partial charge in [0.1, 0.15) is 16.8 Å². The molecule has 1 rings (SSSR count). The van der Waals surface area contributed by atoms with Gasteiger partial charge in [0, 0.05) is 6.20 Å². The molecule has 1 aromatic rings. The van der Waals surface area contributed by atoms with Crippen LogP contribution in [0.4, 0.5) is 5.69 Å². The molecule has 0 aliphatic heterocycles. The maximum atomic E-state index is 8.44. The molecule has 0 aliphatic carbocycles. The van der Waals surface area contributed by atoms with Crippen LogP contribution in [0.5, 0.6) is 0 Å². The molecule has 0 saturated carbocycles. The lowest BCUT2D eigenvalue weighted by Gasteiger charge is -1.95. The van der Waals surface area contributed by atoms with Crippen molar-refractivity contribution in [3.8, 4) is 6.07 Å². The second-order valence-electron chi connectivity index (χ2n) is 1.68. The lowest BCUT2D eigenvalue weighted by atomic mass is 10.3. The molecule has 4 heteroatoms. The van der Waals surface area contributed by atoms with Crippen LogP contribution in [-0.2, 0) is 0 Å². The Hall–Kier alpha value is -1.27. The largest absolute Gasteiger partial charge is 0.398 e. The third-order valence-corrected chi connectivity index (χ3v) is 1.34. The number of pyridine rings is 1. The van der Waals surface area contributed by atoms with E-state index in [4.69, 9.17) is 22.6 Å². The third kappa shape index (κ3) is 1.02. The topological polar surface area (TPSA) is 62.7 Å². The van der Waals surface area contributed by atoms with E-state index in [0.29, 0.717) is 5.69 Å². The first-order chi connectivity index (χ1) is 4.75. The van der Waals surface area contributed by atoms with Crippen molar-refractivity contribution in [2.45, 2.75) is 0 Å². The number of aromatic nitrogens is 1. The lowest BCUT2D eigenvalue weighted by molar-refractivity contribution is 1.30. The van der Waals surface area contributed by atoms with Crippen molar-refractivity contribution in [1.82, 2.24) is 4.98 Å². The van der Waals surface area contributed by atoms with Crippen LogP contribution in [-0.4, -0.2) is 4.98 Å². The SMILES string of the molecule is N#Cc1c(N)ccnc1Cl. The van der Waals surface area contributed by atoms with Gasteiger partial charge in [0.25, 0.3) is 0 Å². The summed E-state index contributed by atoms with van der Waals surface area (Å²) in [6.45, 7) is 0. The Morgan fingerprint density at radius 1 is 1.70 bits per heavy atom. The molecule has 0 spiro atoms. The molecule has 2 N–H and O–H groups in total. The number of hydrogen-bond acceptors (Lipinski definition) is 3. The molecule has 0 atom stereocenters. The van der Waals surface area contributed by atoms with Gasteiger partial charge in [0.05, 0.1) is 5.69 Å². The maximum absolute atomic E-state index is 8.44. The van der Waals surface area contributed by atoms with Crippen molar-refractivity contribution in [2.24, 2.45) is 0 Å². The highest BCUT2D eigenvalue weighted by Crippen LogP contribution is 2.16. The smallest absolute Gasteiger partial charge is 0.148 e. The summed E-state index contributed by atoms with van der Waals surface area (Å²) in [7, 11) is 0. The minimum Gasteiger partial charge on any atom is -0.398 e. The molecule has 10 heavy (non-hydrogen) atoms. The summed E-state index contributed by atoms with van der Waals surface area (Å²) < 4.78 is 0. The molecule has 1 aromatic heterocycles. The summed E-state index contributed by atoms with van der Waals surface area (Å²) >= 11 is 5.52. The number of nitrogen functional groups attached to an aromatic ring is 1. The number of anilines is 1. The molecular weight excluding hydrogens is 150 g/mol. The van der Waals surface area contributed by atoms with Crippen LogP contribution in [0.3, 0.4) is 0 Å². The highest BCUT2D eigenvalue weighted by atomic mass is 35.5. The zero-order chi connectivity index (χ0) is 7.56. The van der Waals surface area contributed by atoms with E-state index < -0.39 is 0 Å². The van der Waals surface area contributed by atoms with E-state index in [-0.39, 0.29) is 10.7 Å². The maximum Gasteiger partial charge on any atom is 0.148 e. The first-order valence-electron chi connectivity index (χ1n) is 2.56. The van der Waals surface area contributed by atoms with E-state index in [1.165, 1.54) is 12.3 Å². The van der Waals surface area contributed by atoms with Gasteiger partial charge in [0.15, 0.2) is 0 Å². The van der Waals surface area contributed by atoms with Gasteiger partial charge >= 0.3 is 0 Å². The Labute approximate surface area is 63.1 Å². The summed E-state index contributed by atoms with van der Waals surface area (Å²) in [6, 6.07) is 3.38. The van der Waals surface area contributed by atoms with Crippen molar-refractivity contribution in [2.75, 3.05) is 5.73 Å². The number of nitrogens with zero attached hydrogens (tertiary/aromatic N) is 2. The van der Waals surface area contributed by atoms with Crippen LogP contribution in [0.2, 0.25) is 5.15 Å². The van der Waals surface area contributed by atoms with Crippen LogP contribution in [0, 0.1) is 11.3 Å². The predicted molar refractivity (Wildman–Crippen MR) is 38.4 cm³/mol. The van der Waals surface area contributed by atoms with E-state index in [1.807, 2.05) is 6.07 Å². The molecule has 50 valence electrons. The standard InChI is InChI=1S/C6H4ClN3/c7-6-4(3-8)5(9)1-2-10-6/h1-2H,(H2,9,10). The van der Waals surface area contributed by atoms with Crippen LogP contribution in [0.15, 0.2) is 12.3 Å². The average molecular weight is 154 g/mol. The van der Waals surface area contributed by atoms with Gasteiger partial charge in [-0.2, -0.15) is 5.26 Å². The molecular formula is C6H4ClN3. The molecule has 0 radical (unpaired) electrons. The fourth-order valence-electron chi connectivity index (χ4n) is 0.561. The van der Waals surface area contributed by atoms with Gasteiger partial charge < -0.3 is 5.73 Å². The summed E-state index contributed by atoms with van der Waals surface area (Å²) in [6.07, 6.45) is 1.46. The Morgan fingerprint density at radius 2 is 2.40 bits per heavy atom. The zero-order valence-electron chi connectivity index (χ0n) is 5.00. The van der Waals surface area contributed by atoms with E-state index >= 15 is 0 Å². The van der Waals surface area contributed by atoms with Gasteiger partial charge in [-0.05, 0) is 6.07 Å². The first-order valence-corrected chi connectivity index (χ1v) is 2.93. The molecule has 0 aromatic carbocycles. The second-order valence-corrected chi connectivity index (χ2v) is 2.04. The summed E-state index contributed by atoms with van der Waals surface area (Å²) in [5, 5.41) is 8.60. The fourth-order valence-corrected chi connectivity index (χ4v) is 0.768. The van der Waals surface area contributed by atoms with Crippen LogP contribution >= 0.6 is 11.6 Å². The molecule has 0 aliphatic rings. The lowest BCUT2D eigenvalue weighted by Crippen LogP contribution is -1.91. The first kappa shape index (κ1) is 6.84. The Bertz CT molecular complexity index is 269. The van der Waals surface area contributed by atoms with Gasteiger partial charge in [-0.3, -0.25) is 0 Å². The van der Waals surface area contributed by atoms with Crippen molar-refractivity contribution >= 4 is 17.3 Å². The van der Waals surface area contributed by atoms with Gasteiger partial charge in [-0.15, -0.1) is 0 Å². The Kier molecular flexibility index (Phi) is 1.74. The predicted octanol–water partition coefficient (Wildman–Crippen LogP) is 1.19. The summed E-state index contributed by atoms with van der Waals surface area (Å²) in [5.41, 5.74) is 5.99. The summed E-state index contributed by atoms with van der Waals surface area (Å²) in [5.74, 6) is 0. The van der Waals surface area contributed by atoms with E-state index in [9.17, 15) is 0 Å². The number of rotatable bonds is 0. The normalized spacial score (nSPS) is 8.80. The number of halogens is 1. The highest BCUT2D eigenvalue weighted by molar-refractivity contribution is 6.30. The van der Waals surface area contributed by atoms with Crippen molar-refractivity contribution in [3.63, 3.8) is 0 Å². The molecule has 0 bridgehead atoms. The zero-order valence-corrected chi connectivity index (χ0v) is 5.76. The molecule has 1 heterocycles. The number of hydrogen-bond donors (Lipinski definition) is 1. The molecule has 0 fully saturated rings. The fraction of sp³-hybridized carbons (Fsp3) is 0. The molecule has 0 amide bonds. The van der Waals surface area contributed by atoms with Crippen molar-refractivity contribution < 1.29 is 0 Å². The average Bonchev–Trinajstić information content (AvgIpc) is 1.88. The Balaban J connectivity index is 3.34. The number of nitrogens with two attached hydrogens (primary N) is 1. The van der Waals surface area contributed by atoms with Crippen LogP contribution in [0.1, 0.15) is 5.56 Å². The quantitative estimate of drug-likeness (QED) is 0.570. The van der Waals surface area contributed by atoms with E-state index in [2.05, 4.69) is 4.98 Å².